The minimum atomic E-state index is -1.24. The average Bonchev–Trinajstić information content (AvgIpc) is 2.97. The van der Waals surface area contributed by atoms with Gasteiger partial charge in [-0.25, -0.2) is 9.59 Å². The molecule has 0 aromatic carbocycles. The molecule has 3 rings (SSSR count). The van der Waals surface area contributed by atoms with Crippen molar-refractivity contribution < 1.29 is 24.2 Å². The van der Waals surface area contributed by atoms with Gasteiger partial charge in [-0.3, -0.25) is 9.78 Å². The second-order valence-electron chi connectivity index (χ2n) is 6.29. The molecule has 0 aliphatic heterocycles. The summed E-state index contributed by atoms with van der Waals surface area (Å²) in [6.07, 6.45) is 8.38. The summed E-state index contributed by atoms with van der Waals surface area (Å²) >= 11 is 1.37. The number of pyridine rings is 1. The number of thiophene rings is 1. The number of esters is 1. The molecule has 0 spiro atoms. The molecule has 1 amide bonds. The van der Waals surface area contributed by atoms with Crippen LogP contribution in [0, 0.1) is 0 Å². The number of ether oxygens (including phenoxy) is 1. The number of nitrogens with zero attached hydrogens (tertiary/aromatic N) is 1. The Labute approximate surface area is 160 Å². The van der Waals surface area contributed by atoms with E-state index in [9.17, 15) is 19.5 Å². The fraction of sp³-hybridized carbons (Fsp3) is 0.368. The van der Waals surface area contributed by atoms with Gasteiger partial charge in [0.15, 0.2) is 0 Å². The fourth-order valence-electron chi connectivity index (χ4n) is 3.26. The van der Waals surface area contributed by atoms with Crippen molar-refractivity contribution in [2.24, 2.45) is 0 Å². The molecule has 0 bridgehead atoms. The Balaban J connectivity index is 1.99. The van der Waals surface area contributed by atoms with Gasteiger partial charge in [0, 0.05) is 17.3 Å². The monoisotopic (exact) mass is 388 g/mol. The highest BCUT2D eigenvalue weighted by Gasteiger charge is 2.27. The Morgan fingerprint density at radius 2 is 1.89 bits per heavy atom. The van der Waals surface area contributed by atoms with Crippen LogP contribution in [0.2, 0.25) is 0 Å². The summed E-state index contributed by atoms with van der Waals surface area (Å²) in [6.45, 7) is 0. The lowest BCUT2D eigenvalue weighted by Gasteiger charge is -2.11. The number of aryl methyl sites for hydroxylation is 1. The third kappa shape index (κ3) is 4.00. The number of anilines is 1. The Bertz CT molecular complexity index is 890. The SMILES string of the molecule is COC(=O)c1c(NC(=O)c2ccncc2C(=O)O)sc2c1CCCCCC2. The molecule has 1 aliphatic rings. The lowest BCUT2D eigenvalue weighted by Crippen LogP contribution is -2.18. The number of amides is 1. The highest BCUT2D eigenvalue weighted by molar-refractivity contribution is 7.17. The first-order valence-electron chi connectivity index (χ1n) is 8.74. The van der Waals surface area contributed by atoms with Crippen LogP contribution in [0.3, 0.4) is 0 Å². The zero-order valence-electron chi connectivity index (χ0n) is 14.9. The number of fused-ring (bicyclic) bond motifs is 1. The van der Waals surface area contributed by atoms with E-state index in [2.05, 4.69) is 10.3 Å². The molecule has 1 aliphatic carbocycles. The third-order valence-corrected chi connectivity index (χ3v) is 5.79. The van der Waals surface area contributed by atoms with Crippen LogP contribution in [0.4, 0.5) is 5.00 Å². The molecule has 0 saturated carbocycles. The van der Waals surface area contributed by atoms with Gasteiger partial charge in [-0.05, 0) is 37.3 Å². The summed E-state index contributed by atoms with van der Waals surface area (Å²) in [7, 11) is 1.31. The number of carboxylic acids is 1. The summed E-state index contributed by atoms with van der Waals surface area (Å²) in [6, 6.07) is 1.35. The smallest absolute Gasteiger partial charge is 0.341 e. The number of rotatable bonds is 4. The second-order valence-corrected chi connectivity index (χ2v) is 7.40. The van der Waals surface area contributed by atoms with Gasteiger partial charge in [0.1, 0.15) is 5.00 Å². The molecule has 7 nitrogen and oxygen atoms in total. The molecule has 2 heterocycles. The zero-order valence-corrected chi connectivity index (χ0v) is 15.7. The van der Waals surface area contributed by atoms with Gasteiger partial charge < -0.3 is 15.2 Å². The van der Waals surface area contributed by atoms with Crippen LogP contribution in [-0.2, 0) is 17.6 Å². The predicted molar refractivity (Wildman–Crippen MR) is 101 cm³/mol. The highest BCUT2D eigenvalue weighted by Crippen LogP contribution is 2.37. The molecule has 2 aromatic rings. The average molecular weight is 388 g/mol. The maximum atomic E-state index is 12.7. The first kappa shape index (κ1) is 19.0. The normalized spacial score (nSPS) is 13.8. The summed E-state index contributed by atoms with van der Waals surface area (Å²) in [5.74, 6) is -2.31. The van der Waals surface area contributed by atoms with E-state index in [1.807, 2.05) is 0 Å². The van der Waals surface area contributed by atoms with Crippen LogP contribution in [0.25, 0.3) is 0 Å². The number of carboxylic acid groups (broad SMARTS) is 1. The minimum Gasteiger partial charge on any atom is -0.478 e. The van der Waals surface area contributed by atoms with E-state index < -0.39 is 17.8 Å². The Kier molecular flexibility index (Phi) is 5.85. The van der Waals surface area contributed by atoms with Crippen molar-refractivity contribution >= 4 is 34.2 Å². The molecular weight excluding hydrogens is 368 g/mol. The molecule has 0 saturated heterocycles. The maximum Gasteiger partial charge on any atom is 0.341 e. The van der Waals surface area contributed by atoms with E-state index in [0.717, 1.165) is 55.2 Å². The standard InChI is InChI=1S/C19H20N2O5S/c1-26-19(25)15-12-6-4-2-3-5-7-14(12)27-17(15)21-16(22)11-8-9-20-10-13(11)18(23)24/h8-10H,2-7H2,1H3,(H,21,22)(H,23,24). The molecule has 8 heteroatoms. The third-order valence-electron chi connectivity index (χ3n) is 4.58. The van der Waals surface area contributed by atoms with Crippen LogP contribution in [0.5, 0.6) is 0 Å². The van der Waals surface area contributed by atoms with Crippen molar-refractivity contribution in [3.05, 3.63) is 45.6 Å². The first-order valence-corrected chi connectivity index (χ1v) is 9.56. The number of carbonyl (C=O) groups is 3. The number of aromatic carboxylic acids is 1. The number of hydrogen-bond acceptors (Lipinski definition) is 6. The molecule has 0 fully saturated rings. The number of nitrogens with one attached hydrogen (secondary N) is 1. The zero-order chi connectivity index (χ0) is 19.4. The van der Waals surface area contributed by atoms with E-state index in [4.69, 9.17) is 4.74 Å². The summed E-state index contributed by atoms with van der Waals surface area (Å²) < 4.78 is 4.93. The van der Waals surface area contributed by atoms with Gasteiger partial charge in [-0.2, -0.15) is 0 Å². The van der Waals surface area contributed by atoms with Crippen LogP contribution >= 0.6 is 11.3 Å². The topological polar surface area (TPSA) is 106 Å². The van der Waals surface area contributed by atoms with Crippen LogP contribution in [0.15, 0.2) is 18.5 Å². The van der Waals surface area contributed by atoms with Gasteiger partial charge in [0.25, 0.3) is 5.91 Å². The molecule has 0 radical (unpaired) electrons. The summed E-state index contributed by atoms with van der Waals surface area (Å²) in [5.41, 5.74) is 1.13. The number of methoxy groups -OCH3 is 1. The van der Waals surface area contributed by atoms with Gasteiger partial charge in [-0.15, -0.1) is 11.3 Å². The van der Waals surface area contributed by atoms with Gasteiger partial charge in [-0.1, -0.05) is 12.8 Å². The maximum absolute atomic E-state index is 12.7. The number of carbonyl (C=O) groups excluding carboxylic acids is 2. The highest BCUT2D eigenvalue weighted by atomic mass is 32.1. The van der Waals surface area contributed by atoms with Crippen molar-refractivity contribution in [2.75, 3.05) is 12.4 Å². The van der Waals surface area contributed by atoms with E-state index in [1.54, 1.807) is 0 Å². The Morgan fingerprint density at radius 1 is 1.15 bits per heavy atom. The van der Waals surface area contributed by atoms with Gasteiger partial charge in [0.2, 0.25) is 0 Å². The molecule has 142 valence electrons. The quantitative estimate of drug-likeness (QED) is 0.776. The van der Waals surface area contributed by atoms with E-state index in [-0.39, 0.29) is 11.1 Å². The van der Waals surface area contributed by atoms with Crippen molar-refractivity contribution in [3.8, 4) is 0 Å². The number of hydrogen-bond donors (Lipinski definition) is 2. The predicted octanol–water partition coefficient (Wildman–Crippen LogP) is 3.54. The Morgan fingerprint density at radius 3 is 2.59 bits per heavy atom. The van der Waals surface area contributed by atoms with Crippen LogP contribution < -0.4 is 5.32 Å². The number of aromatic nitrogens is 1. The molecule has 27 heavy (non-hydrogen) atoms. The van der Waals surface area contributed by atoms with E-state index in [1.165, 1.54) is 30.7 Å². The van der Waals surface area contributed by atoms with Crippen molar-refractivity contribution in [2.45, 2.75) is 38.5 Å². The molecule has 0 atom stereocenters. The van der Waals surface area contributed by atoms with Crippen molar-refractivity contribution in [3.63, 3.8) is 0 Å². The molecule has 2 N–H and O–H groups in total. The van der Waals surface area contributed by atoms with E-state index >= 15 is 0 Å². The van der Waals surface area contributed by atoms with Crippen LogP contribution in [-0.4, -0.2) is 35.0 Å². The molecular formula is C19H20N2O5S. The molecule has 2 aromatic heterocycles. The van der Waals surface area contributed by atoms with Crippen LogP contribution in [0.1, 0.15) is 67.2 Å². The summed E-state index contributed by atoms with van der Waals surface area (Å²) in [4.78, 5) is 41.3. The van der Waals surface area contributed by atoms with Gasteiger partial charge >= 0.3 is 11.9 Å². The largest absolute Gasteiger partial charge is 0.478 e. The lowest BCUT2D eigenvalue weighted by atomic mass is 9.96. The fourth-order valence-corrected chi connectivity index (χ4v) is 4.53. The molecule has 0 unspecified atom stereocenters. The van der Waals surface area contributed by atoms with E-state index in [0.29, 0.717) is 10.6 Å². The van der Waals surface area contributed by atoms with Crippen molar-refractivity contribution in [1.82, 2.24) is 4.98 Å². The van der Waals surface area contributed by atoms with Gasteiger partial charge in [0.05, 0.1) is 23.8 Å². The van der Waals surface area contributed by atoms with Crippen molar-refractivity contribution in [1.29, 1.82) is 0 Å². The first-order chi connectivity index (χ1) is 13.0. The Hall–Kier alpha value is -2.74. The summed E-state index contributed by atoms with van der Waals surface area (Å²) in [5, 5.41) is 12.4. The minimum absolute atomic E-state index is 0.00543. The lowest BCUT2D eigenvalue weighted by molar-refractivity contribution is 0.0600. The second kappa shape index (κ2) is 8.30.